The summed E-state index contributed by atoms with van der Waals surface area (Å²) in [5.41, 5.74) is -1.98. The Morgan fingerprint density at radius 2 is 2.03 bits per heavy atom. The molecule has 1 aromatic rings. The first-order valence-electron chi connectivity index (χ1n) is 13.8. The van der Waals surface area contributed by atoms with E-state index < -0.39 is 65.5 Å². The first-order valence-corrected chi connectivity index (χ1v) is 13.8. The molecule has 3 fully saturated rings. The van der Waals surface area contributed by atoms with Gasteiger partial charge in [0.1, 0.15) is 11.9 Å². The van der Waals surface area contributed by atoms with E-state index in [4.69, 9.17) is 14.1 Å². The molecule has 4 aliphatic rings. The normalized spacial score (nSPS) is 39.4. The molecule has 0 unspecified atom stereocenters. The lowest BCUT2D eigenvalue weighted by atomic mass is 9.44. The highest BCUT2D eigenvalue weighted by molar-refractivity contribution is 6.61. The zero-order chi connectivity index (χ0) is 28.5. The van der Waals surface area contributed by atoms with E-state index in [0.29, 0.717) is 12.8 Å². The smallest absolute Gasteiger partial charge is 0.476 e. The fourth-order valence-corrected chi connectivity index (χ4v) is 8.26. The molecule has 1 aromatic carbocycles. The molecule has 1 aliphatic heterocycles. The van der Waals surface area contributed by atoms with Crippen molar-refractivity contribution in [1.82, 2.24) is 0 Å². The second-order valence-corrected chi connectivity index (χ2v) is 12.6. The van der Waals surface area contributed by atoms with Crippen LogP contribution in [0.2, 0.25) is 0 Å². The largest absolute Gasteiger partial charge is 0.494 e. The van der Waals surface area contributed by atoms with Crippen LogP contribution in [0.4, 0.5) is 8.78 Å². The summed E-state index contributed by atoms with van der Waals surface area (Å²) < 4.78 is 45.8. The van der Waals surface area contributed by atoms with Crippen LogP contribution in [0.15, 0.2) is 18.7 Å². The lowest BCUT2D eigenvalue weighted by Gasteiger charge is -2.61. The number of ketones is 1. The van der Waals surface area contributed by atoms with E-state index in [0.717, 1.165) is 18.9 Å². The van der Waals surface area contributed by atoms with Crippen LogP contribution in [0.3, 0.4) is 0 Å². The van der Waals surface area contributed by atoms with E-state index in [1.165, 1.54) is 0 Å². The Kier molecular flexibility index (Phi) is 7.00. The van der Waals surface area contributed by atoms with Crippen molar-refractivity contribution in [2.24, 2.45) is 34.0 Å². The molecule has 5 rings (SSSR count). The van der Waals surface area contributed by atoms with Gasteiger partial charge in [-0.1, -0.05) is 33.8 Å². The molecule has 8 atom stereocenters. The van der Waals surface area contributed by atoms with Crippen molar-refractivity contribution in [3.05, 3.63) is 35.9 Å². The van der Waals surface area contributed by atoms with Crippen LogP contribution in [-0.4, -0.2) is 47.8 Å². The van der Waals surface area contributed by atoms with Crippen LogP contribution in [-0.2, 0) is 25.6 Å². The fraction of sp³-hybridized carbons (Fsp3) is 0.655. The summed E-state index contributed by atoms with van der Waals surface area (Å²) in [4.78, 5) is 26.7. The highest BCUT2D eigenvalue weighted by Gasteiger charge is 2.68. The van der Waals surface area contributed by atoms with Gasteiger partial charge in [-0.2, -0.15) is 0 Å². The molecular weight excluding hydrogens is 509 g/mol. The molecule has 3 saturated carbocycles. The molecule has 3 aliphatic carbocycles. The molecule has 0 saturated heterocycles. The first-order chi connectivity index (χ1) is 18.3. The second-order valence-electron chi connectivity index (χ2n) is 12.6. The monoisotopic (exact) mass is 546 g/mol. The molecule has 212 valence electrons. The number of esters is 1. The minimum Gasteiger partial charge on any atom is -0.476 e. The molecule has 7 nitrogen and oxygen atoms in total. The summed E-state index contributed by atoms with van der Waals surface area (Å²) in [6.45, 7) is 11.1. The van der Waals surface area contributed by atoms with Crippen molar-refractivity contribution in [3.8, 4) is 5.75 Å². The summed E-state index contributed by atoms with van der Waals surface area (Å²) in [7, 11) is -1.55. The SMILES string of the molecule is C=C[C@]1(C)C[C@@H](OC(=O)COc2c(F)cc3c(c2F)B(O)OC3)[C@@]2(C)[C@@H]3C(=O)CC[C@@]3(CC[C@@H]2C)[C@@H](C)[C@@H]1O. The molecule has 2 bridgehead atoms. The molecule has 10 heteroatoms. The molecule has 39 heavy (non-hydrogen) atoms. The number of halogens is 2. The highest BCUT2D eigenvalue weighted by Crippen LogP contribution is 2.68. The van der Waals surface area contributed by atoms with E-state index in [2.05, 4.69) is 13.5 Å². The van der Waals surface area contributed by atoms with Gasteiger partial charge in [0.25, 0.3) is 0 Å². The van der Waals surface area contributed by atoms with Gasteiger partial charge in [0.05, 0.1) is 12.7 Å². The van der Waals surface area contributed by atoms with Crippen molar-refractivity contribution >= 4 is 24.3 Å². The van der Waals surface area contributed by atoms with Gasteiger partial charge in [0.2, 0.25) is 0 Å². The highest BCUT2D eigenvalue weighted by atomic mass is 19.1. The molecule has 0 spiro atoms. The zero-order valence-electron chi connectivity index (χ0n) is 23.0. The molecule has 0 aromatic heterocycles. The first kappa shape index (κ1) is 28.2. The Bertz CT molecular complexity index is 1210. The van der Waals surface area contributed by atoms with Gasteiger partial charge in [0.15, 0.2) is 24.0 Å². The summed E-state index contributed by atoms with van der Waals surface area (Å²) in [5, 5.41) is 21.5. The lowest BCUT2D eigenvalue weighted by molar-refractivity contribution is -0.207. The van der Waals surface area contributed by atoms with E-state index in [9.17, 15) is 28.5 Å². The fourth-order valence-electron chi connectivity index (χ4n) is 8.26. The molecule has 1 heterocycles. The second kappa shape index (κ2) is 9.66. The zero-order valence-corrected chi connectivity index (χ0v) is 23.0. The third-order valence-corrected chi connectivity index (χ3v) is 10.9. The lowest BCUT2D eigenvalue weighted by Crippen LogP contribution is -2.63. The Labute approximate surface area is 228 Å². The number of aliphatic hydroxyl groups is 1. The Hall–Kier alpha value is -2.30. The molecule has 2 N–H and O–H groups in total. The maximum atomic E-state index is 15.0. The van der Waals surface area contributed by atoms with E-state index in [-0.39, 0.29) is 47.6 Å². The number of hydrogen-bond donors (Lipinski definition) is 2. The van der Waals surface area contributed by atoms with Gasteiger partial charge in [-0.3, -0.25) is 4.79 Å². The van der Waals surface area contributed by atoms with Gasteiger partial charge >= 0.3 is 13.1 Å². The van der Waals surface area contributed by atoms with Crippen molar-refractivity contribution in [1.29, 1.82) is 0 Å². The Morgan fingerprint density at radius 3 is 2.72 bits per heavy atom. The molecule has 0 radical (unpaired) electrons. The van der Waals surface area contributed by atoms with Gasteiger partial charge in [-0.05, 0) is 54.6 Å². The minimum absolute atomic E-state index is 0.0426. The van der Waals surface area contributed by atoms with E-state index in [1.807, 2.05) is 20.8 Å². The Morgan fingerprint density at radius 1 is 1.31 bits per heavy atom. The average molecular weight is 546 g/mol. The van der Waals surface area contributed by atoms with Crippen LogP contribution in [0.5, 0.6) is 5.75 Å². The number of benzene rings is 1. The predicted molar refractivity (Wildman–Crippen MR) is 139 cm³/mol. The number of fused-ring (bicyclic) bond motifs is 1. The third-order valence-electron chi connectivity index (χ3n) is 10.9. The van der Waals surface area contributed by atoms with E-state index in [1.54, 1.807) is 6.08 Å². The summed E-state index contributed by atoms with van der Waals surface area (Å²) >= 11 is 0. The number of Topliss-reactive ketones (excluding diaryl/α,β-unsaturated/α-hetero) is 1. The Balaban J connectivity index is 1.46. The maximum absolute atomic E-state index is 15.0. The van der Waals surface area contributed by atoms with Crippen molar-refractivity contribution in [2.45, 2.75) is 78.6 Å². The summed E-state index contributed by atoms with van der Waals surface area (Å²) in [5.74, 6) is -4.16. The number of hydrogen-bond acceptors (Lipinski definition) is 7. The standard InChI is InChI=1S/C29H37BF2O7/c1-6-27(4)12-20(28(5)15(2)7-9-29(16(3)26(27)35)10-8-19(33)25(28)29)39-21(34)14-37-24-18(31)11-17-13-38-30(36)22(17)23(24)32/h6,11,15-16,20,25-26,35-36H,1,7-10,12-14H2,2-5H3/t15-,16-,20+,25-,26-,27+,28-,29-/m0/s1. The van der Waals surface area contributed by atoms with Crippen LogP contribution in [0, 0.1) is 45.6 Å². The van der Waals surface area contributed by atoms with Crippen LogP contribution in [0.1, 0.15) is 65.4 Å². The molecule has 0 amide bonds. The van der Waals surface area contributed by atoms with Crippen LogP contribution >= 0.6 is 0 Å². The van der Waals surface area contributed by atoms with Gasteiger partial charge in [-0.25, -0.2) is 13.6 Å². The van der Waals surface area contributed by atoms with Crippen molar-refractivity contribution in [2.75, 3.05) is 6.61 Å². The molecular formula is C29H37BF2O7. The number of aliphatic hydroxyl groups excluding tert-OH is 1. The van der Waals surface area contributed by atoms with E-state index >= 15 is 0 Å². The number of ether oxygens (including phenoxy) is 2. The topological polar surface area (TPSA) is 102 Å². The summed E-state index contributed by atoms with van der Waals surface area (Å²) in [6.07, 6.45) is 3.09. The van der Waals surface area contributed by atoms with Crippen LogP contribution in [0.25, 0.3) is 0 Å². The third kappa shape index (κ3) is 4.08. The number of carbonyl (C=O) groups is 2. The van der Waals surface area contributed by atoms with Gasteiger partial charge < -0.3 is 24.3 Å². The van der Waals surface area contributed by atoms with Gasteiger partial charge in [-0.15, -0.1) is 6.58 Å². The average Bonchev–Trinajstić information content (AvgIpc) is 3.44. The predicted octanol–water partition coefficient (Wildman–Crippen LogP) is 3.47. The number of carbonyl (C=O) groups excluding carboxylic acids is 2. The van der Waals surface area contributed by atoms with Crippen molar-refractivity contribution in [3.63, 3.8) is 0 Å². The van der Waals surface area contributed by atoms with Crippen LogP contribution < -0.4 is 10.2 Å². The minimum atomic E-state index is -1.55. The van der Waals surface area contributed by atoms with Crippen molar-refractivity contribution < 1.29 is 42.6 Å². The van der Waals surface area contributed by atoms with Gasteiger partial charge in [0, 0.05) is 28.6 Å². The quantitative estimate of drug-likeness (QED) is 0.331. The maximum Gasteiger partial charge on any atom is 0.494 e. The number of rotatable bonds is 5. The summed E-state index contributed by atoms with van der Waals surface area (Å²) in [6, 6.07) is 1.01.